The Morgan fingerprint density at radius 3 is 2.86 bits per heavy atom. The fourth-order valence-corrected chi connectivity index (χ4v) is 2.29. The van der Waals surface area contributed by atoms with Crippen LogP contribution in [0.5, 0.6) is 0 Å². The number of amides is 1. The van der Waals surface area contributed by atoms with Crippen molar-refractivity contribution in [2.45, 2.75) is 25.1 Å². The Morgan fingerprint density at radius 2 is 2.27 bits per heavy atom. The van der Waals surface area contributed by atoms with Gasteiger partial charge in [-0.15, -0.1) is 0 Å². The number of hydrogen-bond acceptors (Lipinski definition) is 6. The minimum atomic E-state index is -4.60. The molecule has 0 aliphatic carbocycles. The monoisotopic (exact) mass is 319 g/mol. The topological polar surface area (TPSA) is 104 Å². The SMILES string of the molecule is Nc1nc(N[C@@H]2CCCN(C(=O)CO)C2)ncc1C(F)(F)F. The van der Waals surface area contributed by atoms with Crippen LogP contribution >= 0.6 is 0 Å². The summed E-state index contributed by atoms with van der Waals surface area (Å²) in [5.74, 6) is -1.06. The standard InChI is InChI=1S/C12H16F3N5O2/c13-12(14,15)8-4-17-11(19-10(8)16)18-7-2-1-3-20(5-7)9(22)6-21/h4,7,21H,1-3,5-6H2,(H3,16,17,18,19)/t7-/m1/s1. The Kier molecular flexibility index (Phi) is 4.69. The van der Waals surface area contributed by atoms with E-state index in [-0.39, 0.29) is 17.9 Å². The summed E-state index contributed by atoms with van der Waals surface area (Å²) in [6, 6.07) is -0.208. The first-order chi connectivity index (χ1) is 10.3. The third kappa shape index (κ3) is 3.75. The van der Waals surface area contributed by atoms with Crippen molar-refractivity contribution in [2.24, 2.45) is 0 Å². The predicted octanol–water partition coefficient (Wildman–Crippen LogP) is 0.473. The van der Waals surface area contributed by atoms with E-state index in [1.165, 1.54) is 4.90 Å². The van der Waals surface area contributed by atoms with Crippen molar-refractivity contribution in [3.63, 3.8) is 0 Å². The molecule has 0 bridgehead atoms. The zero-order valence-corrected chi connectivity index (χ0v) is 11.6. The molecule has 0 aromatic carbocycles. The number of hydrogen-bond donors (Lipinski definition) is 3. The molecule has 1 amide bonds. The Balaban J connectivity index is 2.05. The first-order valence-corrected chi connectivity index (χ1v) is 6.66. The predicted molar refractivity (Wildman–Crippen MR) is 71.8 cm³/mol. The van der Waals surface area contributed by atoms with E-state index in [4.69, 9.17) is 10.8 Å². The van der Waals surface area contributed by atoms with Gasteiger partial charge in [0.15, 0.2) is 0 Å². The molecule has 1 aromatic rings. The molecule has 1 aliphatic rings. The number of nitrogens with two attached hydrogens (primary N) is 1. The lowest BCUT2D eigenvalue weighted by atomic mass is 10.1. The highest BCUT2D eigenvalue weighted by atomic mass is 19.4. The number of rotatable bonds is 3. The molecule has 0 saturated carbocycles. The second-order valence-corrected chi connectivity index (χ2v) is 4.97. The van der Waals surface area contributed by atoms with Crippen molar-refractivity contribution in [1.82, 2.24) is 14.9 Å². The zero-order valence-electron chi connectivity index (χ0n) is 11.6. The van der Waals surface area contributed by atoms with Gasteiger partial charge >= 0.3 is 6.18 Å². The molecule has 0 spiro atoms. The van der Waals surface area contributed by atoms with Gasteiger partial charge in [-0.3, -0.25) is 4.79 Å². The third-order valence-electron chi connectivity index (χ3n) is 3.37. The van der Waals surface area contributed by atoms with E-state index in [0.717, 1.165) is 0 Å². The van der Waals surface area contributed by atoms with Gasteiger partial charge in [0, 0.05) is 25.3 Å². The molecule has 10 heteroatoms. The van der Waals surface area contributed by atoms with Crippen LogP contribution in [-0.4, -0.2) is 51.6 Å². The van der Waals surface area contributed by atoms with Gasteiger partial charge in [-0.1, -0.05) is 0 Å². The second kappa shape index (κ2) is 6.34. The fourth-order valence-electron chi connectivity index (χ4n) is 2.29. The number of nitrogens with one attached hydrogen (secondary N) is 1. The Morgan fingerprint density at radius 1 is 1.55 bits per heavy atom. The normalized spacial score (nSPS) is 19.1. The molecule has 0 radical (unpaired) electrons. The highest BCUT2D eigenvalue weighted by Crippen LogP contribution is 2.32. The van der Waals surface area contributed by atoms with E-state index in [0.29, 0.717) is 32.1 Å². The third-order valence-corrected chi connectivity index (χ3v) is 3.37. The molecule has 1 fully saturated rings. The number of nitrogen functional groups attached to an aromatic ring is 1. The van der Waals surface area contributed by atoms with Crippen LogP contribution in [0.15, 0.2) is 6.20 Å². The summed E-state index contributed by atoms with van der Waals surface area (Å²) in [7, 11) is 0. The summed E-state index contributed by atoms with van der Waals surface area (Å²) in [6.07, 6.45) is -2.55. The van der Waals surface area contributed by atoms with Gasteiger partial charge in [0.25, 0.3) is 0 Å². The lowest BCUT2D eigenvalue weighted by molar-refractivity contribution is -0.137. The van der Waals surface area contributed by atoms with Gasteiger partial charge in [0.2, 0.25) is 11.9 Å². The summed E-state index contributed by atoms with van der Waals surface area (Å²) < 4.78 is 37.7. The molecule has 2 rings (SSSR count). The highest BCUT2D eigenvalue weighted by Gasteiger charge is 2.34. The minimum Gasteiger partial charge on any atom is -0.387 e. The highest BCUT2D eigenvalue weighted by molar-refractivity contribution is 5.77. The van der Waals surface area contributed by atoms with Gasteiger partial charge in [-0.2, -0.15) is 18.2 Å². The van der Waals surface area contributed by atoms with Gasteiger partial charge in [0.05, 0.1) is 0 Å². The summed E-state index contributed by atoms with van der Waals surface area (Å²) in [5, 5.41) is 11.7. The zero-order chi connectivity index (χ0) is 16.3. The quantitative estimate of drug-likeness (QED) is 0.748. The number of aliphatic hydroxyl groups excluding tert-OH is 1. The van der Waals surface area contributed by atoms with Crippen LogP contribution in [0.2, 0.25) is 0 Å². The number of halogens is 3. The average molecular weight is 319 g/mol. The summed E-state index contributed by atoms with van der Waals surface area (Å²) in [4.78, 5) is 20.1. The maximum atomic E-state index is 12.6. The van der Waals surface area contributed by atoms with Crippen LogP contribution < -0.4 is 11.1 Å². The molecule has 1 aromatic heterocycles. The Labute approximate surface area is 124 Å². The molecule has 7 nitrogen and oxygen atoms in total. The summed E-state index contributed by atoms with van der Waals surface area (Å²) >= 11 is 0. The number of nitrogens with zero attached hydrogens (tertiary/aromatic N) is 3. The van der Waals surface area contributed by atoms with E-state index < -0.39 is 24.2 Å². The molecule has 0 unspecified atom stereocenters. The van der Waals surface area contributed by atoms with Crippen molar-refractivity contribution < 1.29 is 23.1 Å². The van der Waals surface area contributed by atoms with Crippen LogP contribution in [0.4, 0.5) is 24.9 Å². The molecule has 122 valence electrons. The van der Waals surface area contributed by atoms with Gasteiger partial charge in [-0.25, -0.2) is 4.98 Å². The van der Waals surface area contributed by atoms with Crippen LogP contribution in [0.1, 0.15) is 18.4 Å². The molecule has 22 heavy (non-hydrogen) atoms. The van der Waals surface area contributed by atoms with Gasteiger partial charge in [-0.05, 0) is 12.8 Å². The Hall–Kier alpha value is -2.10. The molecular weight excluding hydrogens is 303 g/mol. The van der Waals surface area contributed by atoms with Crippen LogP contribution in [0.25, 0.3) is 0 Å². The number of aliphatic hydroxyl groups is 1. The second-order valence-electron chi connectivity index (χ2n) is 4.97. The molecule has 2 heterocycles. The van der Waals surface area contributed by atoms with Gasteiger partial charge < -0.3 is 21.1 Å². The molecule has 1 atom stereocenters. The van der Waals surface area contributed by atoms with Crippen molar-refractivity contribution >= 4 is 17.7 Å². The van der Waals surface area contributed by atoms with Crippen molar-refractivity contribution in [3.8, 4) is 0 Å². The number of likely N-dealkylation sites (tertiary alicyclic amines) is 1. The first-order valence-electron chi connectivity index (χ1n) is 6.66. The van der Waals surface area contributed by atoms with Crippen molar-refractivity contribution in [2.75, 3.05) is 30.7 Å². The lowest BCUT2D eigenvalue weighted by Gasteiger charge is -2.32. The van der Waals surface area contributed by atoms with Crippen LogP contribution in [-0.2, 0) is 11.0 Å². The number of carbonyl (C=O) groups excluding carboxylic acids is 1. The summed E-state index contributed by atoms with van der Waals surface area (Å²) in [6.45, 7) is 0.285. The van der Waals surface area contributed by atoms with Crippen LogP contribution in [0, 0.1) is 0 Å². The smallest absolute Gasteiger partial charge is 0.387 e. The van der Waals surface area contributed by atoms with Crippen molar-refractivity contribution in [1.29, 1.82) is 0 Å². The number of anilines is 2. The fraction of sp³-hybridized carbons (Fsp3) is 0.583. The maximum Gasteiger partial charge on any atom is 0.421 e. The maximum absolute atomic E-state index is 12.6. The van der Waals surface area contributed by atoms with E-state index >= 15 is 0 Å². The van der Waals surface area contributed by atoms with E-state index in [1.54, 1.807) is 0 Å². The average Bonchev–Trinajstić information content (AvgIpc) is 2.45. The molecule has 4 N–H and O–H groups in total. The number of carbonyl (C=O) groups is 1. The minimum absolute atomic E-state index is 0.0196. The van der Waals surface area contributed by atoms with Crippen molar-refractivity contribution in [3.05, 3.63) is 11.8 Å². The Bertz CT molecular complexity index is 552. The van der Waals surface area contributed by atoms with E-state index in [2.05, 4.69) is 15.3 Å². The number of aromatic nitrogens is 2. The molecular formula is C12H16F3N5O2. The molecule has 1 saturated heterocycles. The summed E-state index contributed by atoms with van der Waals surface area (Å²) in [5.41, 5.74) is 4.22. The van der Waals surface area contributed by atoms with Gasteiger partial charge in [0.1, 0.15) is 18.0 Å². The number of piperidine rings is 1. The molecule has 1 aliphatic heterocycles. The van der Waals surface area contributed by atoms with E-state index in [9.17, 15) is 18.0 Å². The lowest BCUT2D eigenvalue weighted by Crippen LogP contribution is -2.46. The first kappa shape index (κ1) is 16.3. The van der Waals surface area contributed by atoms with Crippen LogP contribution in [0.3, 0.4) is 0 Å². The largest absolute Gasteiger partial charge is 0.421 e. The number of alkyl halides is 3. The van der Waals surface area contributed by atoms with E-state index in [1.807, 2.05) is 0 Å².